The topological polar surface area (TPSA) is 45.1 Å². The zero-order valence-corrected chi connectivity index (χ0v) is 8.10. The molecule has 0 aromatic carbocycles. The van der Waals surface area contributed by atoms with E-state index < -0.39 is 17.6 Å². The Labute approximate surface area is 85.0 Å². The molecule has 0 radical (unpaired) electrons. The van der Waals surface area contributed by atoms with Crippen molar-refractivity contribution >= 4 is 5.82 Å². The average Bonchev–Trinajstić information content (AvgIpc) is 2.14. The first kappa shape index (κ1) is 11.8. The Kier molecular flexibility index (Phi) is 3.90. The third kappa shape index (κ3) is 3.09. The number of nitrogens with zero attached hydrogens (tertiary/aromatic N) is 1. The van der Waals surface area contributed by atoms with Gasteiger partial charge in [0.25, 0.3) is 5.95 Å². The Hall–Kier alpha value is -1.30. The number of aliphatic hydroxyl groups excluding tert-OH is 1. The normalized spacial score (nSPS) is 12.6. The number of pyridine rings is 1. The fourth-order valence-corrected chi connectivity index (χ4v) is 1.04. The fraction of sp³-hybridized carbons (Fsp3) is 0.444. The lowest BCUT2D eigenvalue weighted by Crippen LogP contribution is -2.19. The van der Waals surface area contributed by atoms with E-state index >= 15 is 0 Å². The predicted octanol–water partition coefficient (Wildman–Crippen LogP) is 1.68. The SMILES string of the molecule is CC(CCO)Nc1nc(F)c(F)cc1F. The number of halogens is 3. The lowest BCUT2D eigenvalue weighted by molar-refractivity contribution is 0.282. The summed E-state index contributed by atoms with van der Waals surface area (Å²) in [5.74, 6) is -3.99. The molecule has 0 spiro atoms. The largest absolute Gasteiger partial charge is 0.396 e. The molecule has 84 valence electrons. The molecule has 1 aromatic rings. The molecule has 6 heteroatoms. The molecule has 1 rings (SSSR count). The molecule has 15 heavy (non-hydrogen) atoms. The van der Waals surface area contributed by atoms with Crippen LogP contribution in [0.3, 0.4) is 0 Å². The molecule has 0 bridgehead atoms. The van der Waals surface area contributed by atoms with E-state index in [2.05, 4.69) is 10.3 Å². The van der Waals surface area contributed by atoms with Crippen molar-refractivity contribution in [2.45, 2.75) is 19.4 Å². The average molecular weight is 220 g/mol. The maximum absolute atomic E-state index is 13.0. The standard InChI is InChI=1S/C9H11F3N2O/c1-5(2-3-15)13-9-7(11)4-6(10)8(12)14-9/h4-5,15H,2-3H2,1H3,(H,13,14). The second kappa shape index (κ2) is 4.97. The minimum atomic E-state index is -1.35. The van der Waals surface area contributed by atoms with Gasteiger partial charge in [-0.15, -0.1) is 0 Å². The molecule has 0 fully saturated rings. The van der Waals surface area contributed by atoms with Crippen molar-refractivity contribution in [1.29, 1.82) is 0 Å². The van der Waals surface area contributed by atoms with Crippen molar-refractivity contribution in [2.24, 2.45) is 0 Å². The number of aliphatic hydroxyl groups is 1. The van der Waals surface area contributed by atoms with Gasteiger partial charge < -0.3 is 10.4 Å². The van der Waals surface area contributed by atoms with Crippen molar-refractivity contribution < 1.29 is 18.3 Å². The maximum Gasteiger partial charge on any atom is 0.251 e. The minimum absolute atomic E-state index is 0.0839. The molecule has 3 nitrogen and oxygen atoms in total. The van der Waals surface area contributed by atoms with E-state index in [0.29, 0.717) is 12.5 Å². The minimum Gasteiger partial charge on any atom is -0.396 e. The zero-order valence-electron chi connectivity index (χ0n) is 8.10. The van der Waals surface area contributed by atoms with Crippen LogP contribution < -0.4 is 5.32 Å². The van der Waals surface area contributed by atoms with Crippen molar-refractivity contribution in [3.63, 3.8) is 0 Å². The molecule has 0 aliphatic heterocycles. The van der Waals surface area contributed by atoms with Gasteiger partial charge in [0.05, 0.1) is 0 Å². The first-order valence-corrected chi connectivity index (χ1v) is 4.43. The first-order valence-electron chi connectivity index (χ1n) is 4.43. The third-order valence-corrected chi connectivity index (χ3v) is 1.83. The Morgan fingerprint density at radius 2 is 2.07 bits per heavy atom. The molecule has 1 heterocycles. The van der Waals surface area contributed by atoms with Gasteiger partial charge in [0.2, 0.25) is 0 Å². The quantitative estimate of drug-likeness (QED) is 0.759. The van der Waals surface area contributed by atoms with Crippen LogP contribution in [0.15, 0.2) is 6.07 Å². The van der Waals surface area contributed by atoms with Crippen molar-refractivity contribution in [1.82, 2.24) is 4.98 Å². The summed E-state index contributed by atoms with van der Waals surface area (Å²) in [6.45, 7) is 1.58. The number of rotatable bonds is 4. The second-order valence-corrected chi connectivity index (χ2v) is 3.15. The zero-order chi connectivity index (χ0) is 11.4. The van der Waals surface area contributed by atoms with E-state index in [9.17, 15) is 13.2 Å². The summed E-state index contributed by atoms with van der Waals surface area (Å²) in [4.78, 5) is 3.09. The number of anilines is 1. The van der Waals surface area contributed by atoms with Gasteiger partial charge in [-0.3, -0.25) is 0 Å². The van der Waals surface area contributed by atoms with Crippen molar-refractivity contribution in [2.75, 3.05) is 11.9 Å². The lowest BCUT2D eigenvalue weighted by Gasteiger charge is -2.13. The van der Waals surface area contributed by atoms with Gasteiger partial charge in [-0.25, -0.2) is 8.78 Å². The third-order valence-electron chi connectivity index (χ3n) is 1.83. The van der Waals surface area contributed by atoms with E-state index in [1.807, 2.05) is 0 Å². The Morgan fingerprint density at radius 1 is 1.40 bits per heavy atom. The first-order chi connectivity index (χ1) is 7.04. The van der Waals surface area contributed by atoms with Crippen molar-refractivity contribution in [3.05, 3.63) is 23.6 Å². The summed E-state index contributed by atoms with van der Waals surface area (Å²) in [6.07, 6.45) is 0.361. The molecular weight excluding hydrogens is 209 g/mol. The van der Waals surface area contributed by atoms with Crippen LogP contribution in [0.5, 0.6) is 0 Å². The predicted molar refractivity (Wildman–Crippen MR) is 48.9 cm³/mol. The van der Waals surface area contributed by atoms with Crippen LogP contribution in [0.4, 0.5) is 19.0 Å². The monoisotopic (exact) mass is 220 g/mol. The van der Waals surface area contributed by atoms with E-state index in [4.69, 9.17) is 5.11 Å². The van der Waals surface area contributed by atoms with E-state index in [1.54, 1.807) is 6.92 Å². The van der Waals surface area contributed by atoms with Crippen LogP contribution in [-0.4, -0.2) is 22.7 Å². The smallest absolute Gasteiger partial charge is 0.251 e. The maximum atomic E-state index is 13.0. The molecule has 1 unspecified atom stereocenters. The molecule has 0 aliphatic carbocycles. The highest BCUT2D eigenvalue weighted by atomic mass is 19.2. The highest BCUT2D eigenvalue weighted by molar-refractivity contribution is 5.37. The number of aromatic nitrogens is 1. The van der Waals surface area contributed by atoms with Gasteiger partial charge in [0, 0.05) is 18.7 Å². The van der Waals surface area contributed by atoms with Crippen LogP contribution in [0, 0.1) is 17.6 Å². The highest BCUT2D eigenvalue weighted by Crippen LogP contribution is 2.15. The van der Waals surface area contributed by atoms with Gasteiger partial charge >= 0.3 is 0 Å². The molecule has 1 atom stereocenters. The Bertz CT molecular complexity index is 346. The van der Waals surface area contributed by atoms with Gasteiger partial charge in [0.1, 0.15) is 0 Å². The molecule has 0 amide bonds. The fourth-order valence-electron chi connectivity index (χ4n) is 1.04. The second-order valence-electron chi connectivity index (χ2n) is 3.15. The van der Waals surface area contributed by atoms with E-state index in [1.165, 1.54) is 0 Å². The summed E-state index contributed by atoms with van der Waals surface area (Å²) in [7, 11) is 0. The van der Waals surface area contributed by atoms with Crippen LogP contribution in [-0.2, 0) is 0 Å². The van der Waals surface area contributed by atoms with Crippen molar-refractivity contribution in [3.8, 4) is 0 Å². The number of hydrogen-bond acceptors (Lipinski definition) is 3. The van der Waals surface area contributed by atoms with Gasteiger partial charge in [-0.2, -0.15) is 9.37 Å². The molecule has 0 saturated carbocycles. The summed E-state index contributed by atoms with van der Waals surface area (Å²) in [5, 5.41) is 11.1. The Morgan fingerprint density at radius 3 is 2.67 bits per heavy atom. The Balaban J connectivity index is 2.81. The van der Waals surface area contributed by atoms with Gasteiger partial charge in [-0.05, 0) is 13.3 Å². The number of nitrogens with one attached hydrogen (secondary N) is 1. The van der Waals surface area contributed by atoms with Crippen LogP contribution >= 0.6 is 0 Å². The van der Waals surface area contributed by atoms with Gasteiger partial charge in [0.15, 0.2) is 17.5 Å². The lowest BCUT2D eigenvalue weighted by atomic mass is 10.2. The number of hydrogen-bond donors (Lipinski definition) is 2. The van der Waals surface area contributed by atoms with Crippen LogP contribution in [0.2, 0.25) is 0 Å². The van der Waals surface area contributed by atoms with Gasteiger partial charge in [-0.1, -0.05) is 0 Å². The van der Waals surface area contributed by atoms with Crippen LogP contribution in [0.25, 0.3) is 0 Å². The van der Waals surface area contributed by atoms with Crippen LogP contribution in [0.1, 0.15) is 13.3 Å². The molecule has 0 saturated heterocycles. The van der Waals surface area contributed by atoms with E-state index in [-0.39, 0.29) is 18.5 Å². The summed E-state index contributed by atoms with van der Waals surface area (Å²) in [6, 6.07) is 0.151. The molecule has 2 N–H and O–H groups in total. The molecule has 1 aromatic heterocycles. The summed E-state index contributed by atoms with van der Waals surface area (Å²) >= 11 is 0. The molecular formula is C9H11F3N2O. The summed E-state index contributed by atoms with van der Waals surface area (Å²) in [5.41, 5.74) is 0. The van der Waals surface area contributed by atoms with E-state index in [0.717, 1.165) is 0 Å². The molecule has 0 aliphatic rings. The summed E-state index contributed by atoms with van der Waals surface area (Å²) < 4.78 is 38.2. The highest BCUT2D eigenvalue weighted by Gasteiger charge is 2.13.